The number of hydrogen-bond acceptors (Lipinski definition) is 2. The monoisotopic (exact) mass is 416 g/mol. The second kappa shape index (κ2) is 7.90. The first-order chi connectivity index (χ1) is 14.6. The van der Waals surface area contributed by atoms with Crippen LogP contribution in [0.15, 0.2) is 79.0 Å². The van der Waals surface area contributed by atoms with Crippen LogP contribution in [0.1, 0.15) is 36.9 Å². The molecule has 0 spiro atoms. The highest BCUT2D eigenvalue weighted by Gasteiger charge is 2.39. The molecule has 0 aliphatic heterocycles. The average molecular weight is 417 g/mol. The van der Waals surface area contributed by atoms with E-state index < -0.39 is 5.60 Å². The highest BCUT2D eigenvalue weighted by Crippen LogP contribution is 2.44. The van der Waals surface area contributed by atoms with Crippen molar-refractivity contribution in [2.45, 2.75) is 37.7 Å². The van der Waals surface area contributed by atoms with Gasteiger partial charge in [0.1, 0.15) is 11.2 Å². The van der Waals surface area contributed by atoms with Gasteiger partial charge in [0.05, 0.1) is 11.4 Å². The number of nitrogens with zero attached hydrogens (tertiary/aromatic N) is 2. The standard InChI is InChI=1S/C26H25ClN2O/c27-22-11-9-21(10-12-22)24-25(29-17-5-4-8-23(29)28-24)26(30)15-13-20(14-16-26)18-19-6-2-1-3-7-19/h1-12,17,20,30H,13-16,18H2. The van der Waals surface area contributed by atoms with E-state index in [9.17, 15) is 5.11 Å². The van der Waals surface area contributed by atoms with Crippen LogP contribution in [0.25, 0.3) is 16.9 Å². The smallest absolute Gasteiger partial charge is 0.137 e. The van der Waals surface area contributed by atoms with Crippen LogP contribution >= 0.6 is 11.6 Å². The van der Waals surface area contributed by atoms with Crippen molar-refractivity contribution >= 4 is 17.2 Å². The lowest BCUT2D eigenvalue weighted by molar-refractivity contribution is -0.0180. The zero-order chi connectivity index (χ0) is 20.6. The second-order valence-corrected chi connectivity index (χ2v) is 8.85. The van der Waals surface area contributed by atoms with Crippen molar-refractivity contribution in [3.05, 3.63) is 95.3 Å². The third-order valence-corrected chi connectivity index (χ3v) is 6.64. The Bertz CT molecular complexity index is 1140. The fraction of sp³-hybridized carbons (Fsp3) is 0.269. The van der Waals surface area contributed by atoms with E-state index >= 15 is 0 Å². The van der Waals surface area contributed by atoms with Crippen molar-refractivity contribution in [2.24, 2.45) is 5.92 Å². The number of fused-ring (bicyclic) bond motifs is 1. The molecule has 0 radical (unpaired) electrons. The quantitative estimate of drug-likeness (QED) is 0.425. The predicted molar refractivity (Wildman–Crippen MR) is 122 cm³/mol. The predicted octanol–water partition coefficient (Wildman–Crippen LogP) is 6.28. The van der Waals surface area contributed by atoms with E-state index in [1.807, 2.05) is 48.7 Å². The lowest BCUT2D eigenvalue weighted by atomic mass is 9.74. The zero-order valence-electron chi connectivity index (χ0n) is 16.8. The zero-order valence-corrected chi connectivity index (χ0v) is 17.6. The topological polar surface area (TPSA) is 37.5 Å². The van der Waals surface area contributed by atoms with Crippen molar-refractivity contribution in [3.63, 3.8) is 0 Å². The minimum Gasteiger partial charge on any atom is -0.384 e. The van der Waals surface area contributed by atoms with Gasteiger partial charge in [0.25, 0.3) is 0 Å². The number of aromatic nitrogens is 2. The summed E-state index contributed by atoms with van der Waals surface area (Å²) >= 11 is 6.10. The van der Waals surface area contributed by atoms with Gasteiger partial charge in [-0.15, -0.1) is 0 Å². The fourth-order valence-corrected chi connectivity index (χ4v) is 4.92. The molecule has 30 heavy (non-hydrogen) atoms. The normalized spacial score (nSPS) is 21.7. The molecule has 0 unspecified atom stereocenters. The van der Waals surface area contributed by atoms with Crippen molar-refractivity contribution < 1.29 is 5.11 Å². The summed E-state index contributed by atoms with van der Waals surface area (Å²) in [4.78, 5) is 4.88. The van der Waals surface area contributed by atoms with Crippen LogP contribution < -0.4 is 0 Å². The summed E-state index contributed by atoms with van der Waals surface area (Å²) in [7, 11) is 0. The number of halogens is 1. The average Bonchev–Trinajstić information content (AvgIpc) is 3.17. The highest BCUT2D eigenvalue weighted by molar-refractivity contribution is 6.30. The Hall–Kier alpha value is -2.62. The molecule has 0 amide bonds. The first-order valence-electron chi connectivity index (χ1n) is 10.6. The number of pyridine rings is 1. The van der Waals surface area contributed by atoms with Gasteiger partial charge in [-0.25, -0.2) is 4.98 Å². The molecule has 1 saturated carbocycles. The van der Waals surface area contributed by atoms with Crippen LogP contribution in [-0.4, -0.2) is 14.5 Å². The summed E-state index contributed by atoms with van der Waals surface area (Å²) in [5.74, 6) is 0.603. The molecular formula is C26H25ClN2O. The molecular weight excluding hydrogens is 392 g/mol. The van der Waals surface area contributed by atoms with Crippen molar-refractivity contribution in [1.82, 2.24) is 9.38 Å². The Morgan fingerprint density at radius 2 is 1.63 bits per heavy atom. The van der Waals surface area contributed by atoms with E-state index in [2.05, 4.69) is 34.7 Å². The minimum absolute atomic E-state index is 0.603. The first kappa shape index (κ1) is 19.3. The largest absolute Gasteiger partial charge is 0.384 e. The maximum absolute atomic E-state index is 11.8. The summed E-state index contributed by atoms with van der Waals surface area (Å²) in [6.45, 7) is 0. The number of imidazole rings is 1. The molecule has 2 aromatic carbocycles. The summed E-state index contributed by atoms with van der Waals surface area (Å²) in [6, 6.07) is 24.4. The van der Waals surface area contributed by atoms with Gasteiger partial charge in [-0.2, -0.15) is 0 Å². The molecule has 4 aromatic rings. The van der Waals surface area contributed by atoms with Gasteiger partial charge in [0.15, 0.2) is 0 Å². The maximum Gasteiger partial charge on any atom is 0.137 e. The number of benzene rings is 2. The van der Waals surface area contributed by atoms with Gasteiger partial charge >= 0.3 is 0 Å². The molecule has 1 fully saturated rings. The molecule has 152 valence electrons. The molecule has 2 heterocycles. The van der Waals surface area contributed by atoms with Crippen LogP contribution in [0, 0.1) is 5.92 Å². The molecule has 2 aromatic heterocycles. The number of rotatable bonds is 4. The second-order valence-electron chi connectivity index (χ2n) is 8.41. The van der Waals surface area contributed by atoms with E-state index in [0.29, 0.717) is 10.9 Å². The van der Waals surface area contributed by atoms with Gasteiger partial charge in [0.2, 0.25) is 0 Å². The molecule has 4 heteroatoms. The van der Waals surface area contributed by atoms with E-state index in [1.54, 1.807) is 0 Å². The Balaban J connectivity index is 1.48. The Morgan fingerprint density at radius 1 is 0.933 bits per heavy atom. The lowest BCUT2D eigenvalue weighted by Crippen LogP contribution is -2.33. The lowest BCUT2D eigenvalue weighted by Gasteiger charge is -2.36. The van der Waals surface area contributed by atoms with Gasteiger partial charge in [-0.1, -0.05) is 60.1 Å². The van der Waals surface area contributed by atoms with Crippen molar-refractivity contribution in [3.8, 4) is 11.3 Å². The molecule has 0 saturated heterocycles. The highest BCUT2D eigenvalue weighted by atomic mass is 35.5. The van der Waals surface area contributed by atoms with E-state index in [0.717, 1.165) is 54.7 Å². The molecule has 0 bridgehead atoms. The van der Waals surface area contributed by atoms with Gasteiger partial charge in [-0.3, -0.25) is 0 Å². The summed E-state index contributed by atoms with van der Waals surface area (Å²) in [5.41, 5.74) is 4.09. The summed E-state index contributed by atoms with van der Waals surface area (Å²) in [6.07, 6.45) is 6.58. The van der Waals surface area contributed by atoms with Crippen molar-refractivity contribution in [2.75, 3.05) is 0 Å². The maximum atomic E-state index is 11.8. The Morgan fingerprint density at radius 3 is 2.37 bits per heavy atom. The van der Waals surface area contributed by atoms with E-state index in [-0.39, 0.29) is 0 Å². The number of hydrogen-bond donors (Lipinski definition) is 1. The molecule has 3 nitrogen and oxygen atoms in total. The van der Waals surface area contributed by atoms with E-state index in [4.69, 9.17) is 16.6 Å². The van der Waals surface area contributed by atoms with E-state index in [1.165, 1.54) is 5.56 Å². The Labute approximate surface area is 182 Å². The molecule has 1 aliphatic carbocycles. The van der Waals surface area contributed by atoms with Gasteiger partial charge in [0, 0.05) is 16.8 Å². The first-order valence-corrected chi connectivity index (χ1v) is 11.0. The third kappa shape index (κ3) is 3.64. The minimum atomic E-state index is -0.886. The molecule has 1 aliphatic rings. The molecule has 0 atom stereocenters. The van der Waals surface area contributed by atoms with Crippen LogP contribution in [0.4, 0.5) is 0 Å². The fourth-order valence-electron chi connectivity index (χ4n) is 4.79. The molecule has 1 N–H and O–H groups in total. The van der Waals surface area contributed by atoms with Crippen molar-refractivity contribution in [1.29, 1.82) is 0 Å². The third-order valence-electron chi connectivity index (χ3n) is 6.39. The number of aliphatic hydroxyl groups is 1. The Kier molecular flexibility index (Phi) is 5.10. The van der Waals surface area contributed by atoms with Crippen LogP contribution in [0.5, 0.6) is 0 Å². The van der Waals surface area contributed by atoms with Crippen LogP contribution in [0.2, 0.25) is 5.02 Å². The summed E-state index contributed by atoms with van der Waals surface area (Å²) in [5, 5.41) is 12.5. The molecule has 5 rings (SSSR count). The summed E-state index contributed by atoms with van der Waals surface area (Å²) < 4.78 is 2.06. The van der Waals surface area contributed by atoms with Gasteiger partial charge in [-0.05, 0) is 67.9 Å². The van der Waals surface area contributed by atoms with Gasteiger partial charge < -0.3 is 9.51 Å². The SMILES string of the molecule is OC1(c2c(-c3ccc(Cl)cc3)nc3ccccn23)CCC(Cc2ccccc2)CC1. The van der Waals surface area contributed by atoms with Crippen LogP contribution in [0.3, 0.4) is 0 Å². The van der Waals surface area contributed by atoms with Crippen LogP contribution in [-0.2, 0) is 12.0 Å².